The van der Waals surface area contributed by atoms with Crippen molar-refractivity contribution in [2.75, 3.05) is 0 Å². The van der Waals surface area contributed by atoms with E-state index in [0.717, 1.165) is 26.9 Å². The lowest BCUT2D eigenvalue weighted by Gasteiger charge is -2.11. The summed E-state index contributed by atoms with van der Waals surface area (Å²) in [5.74, 6) is -0.328. The fourth-order valence-electron chi connectivity index (χ4n) is 2.64. The number of nitrogens with one attached hydrogen (secondary N) is 3. The van der Waals surface area contributed by atoms with Gasteiger partial charge in [-0.1, -0.05) is 49.0 Å². The molecule has 0 aliphatic carbocycles. The first-order chi connectivity index (χ1) is 12.7. The van der Waals surface area contributed by atoms with Crippen molar-refractivity contribution >= 4 is 33.7 Å². The van der Waals surface area contributed by atoms with Crippen molar-refractivity contribution in [3.63, 3.8) is 0 Å². The summed E-state index contributed by atoms with van der Waals surface area (Å²) in [6, 6.07) is 19.8. The maximum atomic E-state index is 12.3. The van der Waals surface area contributed by atoms with Crippen LogP contribution in [0, 0.1) is 0 Å². The zero-order chi connectivity index (χ0) is 17.9. The topological polar surface area (TPSA) is 69.8 Å². The summed E-state index contributed by atoms with van der Waals surface area (Å²) in [4.78, 5) is 13.3. The van der Waals surface area contributed by atoms with Gasteiger partial charge >= 0.3 is 0 Å². The van der Waals surface area contributed by atoms with Gasteiger partial charge in [0, 0.05) is 0 Å². The number of fused-ring (bicyclic) bond motifs is 1. The van der Waals surface area contributed by atoms with Crippen molar-refractivity contribution in [1.29, 1.82) is 0 Å². The Balaban J connectivity index is 1.42. The van der Waals surface area contributed by atoms with Gasteiger partial charge in [0.25, 0.3) is 5.91 Å². The molecule has 0 aliphatic heterocycles. The zero-order valence-electron chi connectivity index (χ0n) is 13.8. The highest BCUT2D eigenvalue weighted by molar-refractivity contribution is 7.13. The summed E-state index contributed by atoms with van der Waals surface area (Å²) in [6.07, 6.45) is 0. The van der Waals surface area contributed by atoms with Crippen LogP contribution in [0.5, 0.6) is 0 Å². The molecule has 0 saturated carbocycles. The summed E-state index contributed by atoms with van der Waals surface area (Å²) in [5, 5.41) is 11.2. The lowest BCUT2D eigenvalue weighted by Crippen LogP contribution is -2.36. The number of hydrogen-bond donors (Lipinski definition) is 3. The van der Waals surface area contributed by atoms with Gasteiger partial charge in [-0.05, 0) is 39.9 Å². The highest BCUT2D eigenvalue weighted by Crippen LogP contribution is 2.23. The van der Waals surface area contributed by atoms with Crippen molar-refractivity contribution in [2.45, 2.75) is 0 Å². The highest BCUT2D eigenvalue weighted by atomic mass is 32.1. The Hall–Kier alpha value is -3.38. The molecule has 0 fully saturated rings. The predicted octanol–water partition coefficient (Wildman–Crippen LogP) is 4.20. The van der Waals surface area contributed by atoms with Gasteiger partial charge in [-0.15, -0.1) is 11.3 Å². The van der Waals surface area contributed by atoms with Crippen molar-refractivity contribution < 1.29 is 4.79 Å². The highest BCUT2D eigenvalue weighted by Gasteiger charge is 2.12. The van der Waals surface area contributed by atoms with Crippen LogP contribution in [0.4, 0.5) is 0 Å². The molecule has 128 valence electrons. The largest absolute Gasteiger partial charge is 0.298 e. The van der Waals surface area contributed by atoms with Crippen molar-refractivity contribution in [3.8, 4) is 10.6 Å². The average Bonchev–Trinajstić information content (AvgIpc) is 3.36. The van der Waals surface area contributed by atoms with Crippen LogP contribution < -0.4 is 10.9 Å². The molecule has 0 spiro atoms. The molecule has 5 nitrogen and oxygen atoms in total. The Morgan fingerprint density at radius 3 is 2.65 bits per heavy atom. The van der Waals surface area contributed by atoms with Gasteiger partial charge in [-0.3, -0.25) is 20.7 Å². The van der Waals surface area contributed by atoms with Crippen molar-refractivity contribution in [1.82, 2.24) is 21.0 Å². The summed E-state index contributed by atoms with van der Waals surface area (Å²) in [6.45, 7) is 3.99. The van der Waals surface area contributed by atoms with E-state index in [1.54, 1.807) is 17.4 Å². The lowest BCUT2D eigenvalue weighted by atomic mass is 10.1. The van der Waals surface area contributed by atoms with Crippen LogP contribution in [-0.2, 0) is 0 Å². The quantitative estimate of drug-likeness (QED) is 0.467. The van der Waals surface area contributed by atoms with Crippen molar-refractivity contribution in [3.05, 3.63) is 83.9 Å². The number of thiophene rings is 1. The molecule has 2 heterocycles. The molecule has 6 heteroatoms. The monoisotopic (exact) mass is 360 g/mol. The molecule has 0 atom stereocenters. The Labute approximate surface area is 154 Å². The molecule has 4 aromatic rings. The minimum atomic E-state index is -0.328. The lowest BCUT2D eigenvalue weighted by molar-refractivity contribution is 0.0937. The normalized spacial score (nSPS) is 10.6. The third-order valence-corrected chi connectivity index (χ3v) is 4.93. The Morgan fingerprint density at radius 2 is 1.85 bits per heavy atom. The van der Waals surface area contributed by atoms with E-state index in [1.165, 1.54) is 0 Å². The molecule has 1 amide bonds. The molecular formula is C20H16N4OS. The van der Waals surface area contributed by atoms with Crippen LogP contribution >= 0.6 is 11.3 Å². The summed E-state index contributed by atoms with van der Waals surface area (Å²) < 4.78 is 0. The second kappa shape index (κ2) is 6.85. The standard InChI is InChI=1S/C20H16N4OS/c1-13(15-9-8-14-5-2-3-6-16(14)11-15)21-24-20(25)18-12-17(22-23-18)19-7-4-10-26-19/h2-12,21H,1H2,(H,22,23)(H,24,25). The molecule has 0 saturated heterocycles. The van der Waals surface area contributed by atoms with E-state index in [0.29, 0.717) is 11.4 Å². The van der Waals surface area contributed by atoms with E-state index >= 15 is 0 Å². The van der Waals surface area contributed by atoms with Gasteiger partial charge in [0.1, 0.15) is 0 Å². The zero-order valence-corrected chi connectivity index (χ0v) is 14.6. The molecule has 2 aromatic carbocycles. The molecule has 0 bridgehead atoms. The van der Waals surface area contributed by atoms with E-state index in [2.05, 4.69) is 33.7 Å². The number of aromatic amines is 1. The number of carbonyl (C=O) groups is 1. The van der Waals surface area contributed by atoms with E-state index in [4.69, 9.17) is 0 Å². The Bertz CT molecular complexity index is 1080. The van der Waals surface area contributed by atoms with Crippen molar-refractivity contribution in [2.24, 2.45) is 0 Å². The predicted molar refractivity (Wildman–Crippen MR) is 105 cm³/mol. The number of benzene rings is 2. The first-order valence-corrected chi connectivity index (χ1v) is 8.92. The van der Waals surface area contributed by atoms with Gasteiger partial charge in [-0.25, -0.2) is 0 Å². The second-order valence-electron chi connectivity index (χ2n) is 5.76. The van der Waals surface area contributed by atoms with Gasteiger partial charge in [0.15, 0.2) is 5.69 Å². The smallest absolute Gasteiger partial charge is 0.290 e. The Morgan fingerprint density at radius 1 is 1.00 bits per heavy atom. The molecule has 3 N–H and O–H groups in total. The second-order valence-corrected chi connectivity index (χ2v) is 6.71. The average molecular weight is 360 g/mol. The first-order valence-electron chi connectivity index (χ1n) is 8.04. The third kappa shape index (κ3) is 3.22. The summed E-state index contributed by atoms with van der Waals surface area (Å²) in [7, 11) is 0. The Kier molecular flexibility index (Phi) is 4.25. The number of rotatable bonds is 5. The van der Waals surface area contributed by atoms with Gasteiger partial charge in [0.05, 0.1) is 16.3 Å². The summed E-state index contributed by atoms with van der Waals surface area (Å²) >= 11 is 1.58. The number of H-pyrrole nitrogens is 1. The minimum absolute atomic E-state index is 0.312. The van der Waals surface area contributed by atoms with Crippen LogP contribution in [0.1, 0.15) is 16.1 Å². The number of aromatic nitrogens is 2. The fourth-order valence-corrected chi connectivity index (χ4v) is 3.33. The van der Waals surface area contributed by atoms with E-state index in [-0.39, 0.29) is 5.91 Å². The fraction of sp³-hybridized carbons (Fsp3) is 0. The van der Waals surface area contributed by atoms with E-state index in [9.17, 15) is 4.79 Å². The summed E-state index contributed by atoms with van der Waals surface area (Å²) in [5.41, 5.74) is 8.14. The molecule has 0 radical (unpaired) electrons. The molecule has 26 heavy (non-hydrogen) atoms. The number of amides is 1. The number of nitrogens with zero attached hydrogens (tertiary/aromatic N) is 1. The molecule has 0 aliphatic rings. The molecule has 0 unspecified atom stereocenters. The maximum Gasteiger partial charge on any atom is 0.290 e. The van der Waals surface area contributed by atoms with Crippen LogP contribution in [-0.4, -0.2) is 16.1 Å². The maximum absolute atomic E-state index is 12.3. The molecular weight excluding hydrogens is 344 g/mol. The number of hydrogen-bond acceptors (Lipinski definition) is 4. The van der Waals surface area contributed by atoms with Crippen LogP contribution in [0.25, 0.3) is 27.0 Å². The molecule has 2 aromatic heterocycles. The minimum Gasteiger partial charge on any atom is -0.298 e. The van der Waals surface area contributed by atoms with Crippen LogP contribution in [0.3, 0.4) is 0 Å². The van der Waals surface area contributed by atoms with Crippen LogP contribution in [0.2, 0.25) is 0 Å². The van der Waals surface area contributed by atoms with Gasteiger partial charge in [-0.2, -0.15) is 5.10 Å². The number of carbonyl (C=O) groups excluding carboxylic acids is 1. The molecule has 4 rings (SSSR count). The van der Waals surface area contributed by atoms with Gasteiger partial charge in [0.2, 0.25) is 0 Å². The number of hydrazine groups is 1. The van der Waals surface area contributed by atoms with E-state index in [1.807, 2.05) is 53.9 Å². The van der Waals surface area contributed by atoms with Gasteiger partial charge < -0.3 is 0 Å². The third-order valence-electron chi connectivity index (χ3n) is 4.02. The SMILES string of the molecule is C=C(NNC(=O)c1cc(-c2cccs2)[nH]n1)c1ccc2ccccc2c1. The van der Waals surface area contributed by atoms with Crippen LogP contribution in [0.15, 0.2) is 72.6 Å². The first kappa shape index (κ1) is 16.1. The van der Waals surface area contributed by atoms with E-state index < -0.39 is 0 Å².